The third-order valence-corrected chi connectivity index (χ3v) is 1.48. The predicted octanol–water partition coefficient (Wildman–Crippen LogP) is -1.37. The minimum absolute atomic E-state index is 0. The number of alkyl halides is 6. The van der Waals surface area contributed by atoms with Crippen molar-refractivity contribution in [2.45, 2.75) is 18.5 Å². The fourth-order valence-electron chi connectivity index (χ4n) is 0.722. The van der Waals surface area contributed by atoms with E-state index in [1.807, 2.05) is 0 Å². The van der Waals surface area contributed by atoms with E-state index in [4.69, 9.17) is 15.8 Å². The summed E-state index contributed by atoms with van der Waals surface area (Å²) >= 11 is 0. The van der Waals surface area contributed by atoms with Crippen LogP contribution in [0.2, 0.25) is 0 Å². The molecule has 12 heteroatoms. The predicted molar refractivity (Wildman–Crippen MR) is 39.6 cm³/mol. The Bertz CT molecular complexity index is 365. The quantitative estimate of drug-likeness (QED) is 0.455. The van der Waals surface area contributed by atoms with Crippen LogP contribution in [-0.2, 0) is 4.65 Å². The molecule has 0 bridgehead atoms. The maximum Gasteiger partial charge on any atom is 1.00 e. The molecule has 0 fully saturated rings. The molecule has 4 nitrogen and oxygen atoms in total. The van der Waals surface area contributed by atoms with Gasteiger partial charge in [0.1, 0.15) is 0 Å². The van der Waals surface area contributed by atoms with E-state index in [9.17, 15) is 26.3 Å². The van der Waals surface area contributed by atoms with E-state index in [2.05, 4.69) is 4.65 Å². The van der Waals surface area contributed by atoms with E-state index in [1.54, 1.807) is 0 Å². The molecular weight excluding hydrogens is 262 g/mol. The van der Waals surface area contributed by atoms with Gasteiger partial charge in [0.05, 0.1) is 0 Å². The minimum atomic E-state index is -5.88. The Morgan fingerprint density at radius 1 is 0.833 bits per heavy atom. The Kier molecular flexibility index (Phi) is 6.36. The average Bonchev–Trinajstić information content (AvgIpc) is 2.17. The normalized spacial score (nSPS) is 12.0. The smallest absolute Gasteiger partial charge is 0.541 e. The summed E-state index contributed by atoms with van der Waals surface area (Å²) in [4.78, 5) is 0. The molecule has 0 aromatic heterocycles. The Hall–Kier alpha value is -1.33. The van der Waals surface area contributed by atoms with Crippen LogP contribution in [0.1, 0.15) is 0 Å². The van der Waals surface area contributed by atoms with Crippen LogP contribution < -0.4 is 18.9 Å². The summed E-state index contributed by atoms with van der Waals surface area (Å²) in [6, 6.07) is 0. The monoisotopic (exact) mass is 263 g/mol. The molecule has 0 amide bonds. The molecule has 0 aromatic carbocycles. The molecule has 0 aliphatic rings. The second-order valence-corrected chi connectivity index (χ2v) is 2.77. The molecule has 0 aromatic rings. The fourth-order valence-corrected chi connectivity index (χ4v) is 0.722. The van der Waals surface area contributed by atoms with Crippen molar-refractivity contribution in [3.8, 4) is 17.9 Å². The van der Waals surface area contributed by atoms with Gasteiger partial charge in [0, 0.05) is 0 Å². The van der Waals surface area contributed by atoms with Gasteiger partial charge < -0.3 is 4.65 Å². The van der Waals surface area contributed by atoms with Gasteiger partial charge in [-0.05, 0) is 0 Å². The molecule has 0 heterocycles. The van der Waals surface area contributed by atoms with Gasteiger partial charge in [-0.15, -0.1) is 0 Å². The first kappa shape index (κ1) is 19.0. The number of hydrogen-bond donors (Lipinski definition) is 0. The first-order chi connectivity index (χ1) is 7.52. The van der Waals surface area contributed by atoms with Crippen molar-refractivity contribution in [2.24, 2.45) is 0 Å². The summed E-state index contributed by atoms with van der Waals surface area (Å²) in [7, 11) is 0. The van der Waals surface area contributed by atoms with Gasteiger partial charge in [0.25, 0.3) is 0 Å². The molecule has 18 heavy (non-hydrogen) atoms. The summed E-state index contributed by atoms with van der Waals surface area (Å²) in [5.41, 5.74) is 0. The maximum atomic E-state index is 12.0. The summed E-state index contributed by atoms with van der Waals surface area (Å²) in [6.07, 6.45) is -20.3. The Morgan fingerprint density at radius 3 is 1.28 bits per heavy atom. The minimum Gasteiger partial charge on any atom is -0.541 e. The van der Waals surface area contributed by atoms with Crippen LogP contribution in [0.3, 0.4) is 0 Å². The first-order valence-electron chi connectivity index (χ1n) is 3.72. The molecule has 0 saturated carbocycles. The zero-order chi connectivity index (χ0) is 13.9. The second kappa shape index (κ2) is 6.02. The second-order valence-electron chi connectivity index (χ2n) is 2.77. The van der Waals surface area contributed by atoms with E-state index in [0.717, 1.165) is 0 Å². The van der Waals surface area contributed by atoms with Crippen molar-refractivity contribution in [3.63, 3.8) is 0 Å². The molecule has 0 rings (SSSR count). The largest absolute Gasteiger partial charge is 1.00 e. The fraction of sp³-hybridized carbons (Fsp3) is 0.500. The molecule has 0 atom stereocenters. The molecule has 0 aliphatic carbocycles. The third-order valence-electron chi connectivity index (χ3n) is 1.48. The zero-order valence-electron chi connectivity index (χ0n) is 8.67. The van der Waals surface area contributed by atoms with Crippen molar-refractivity contribution in [1.29, 1.82) is 15.8 Å². The average molecular weight is 263 g/mol. The van der Waals surface area contributed by atoms with Gasteiger partial charge in [-0.1, -0.05) is 17.9 Å². The Labute approximate surface area is 109 Å². The van der Waals surface area contributed by atoms with E-state index in [1.165, 1.54) is 0 Å². The molecular formula is C6HBF6LiN3O. The SMILES string of the molecule is N#C[B-](C#N)(C#N)OC(C(F)(F)F)C(F)(F)F.[Li+]. The van der Waals surface area contributed by atoms with Gasteiger partial charge in [0.15, 0.2) is 0 Å². The van der Waals surface area contributed by atoms with Crippen LogP contribution in [0.25, 0.3) is 0 Å². The summed E-state index contributed by atoms with van der Waals surface area (Å²) in [5.74, 6) is 2.12. The molecule has 0 aliphatic heterocycles. The molecule has 0 unspecified atom stereocenters. The van der Waals surface area contributed by atoms with Crippen LogP contribution in [0.5, 0.6) is 0 Å². The van der Waals surface area contributed by atoms with Gasteiger partial charge in [-0.3, -0.25) is 0 Å². The third kappa shape index (κ3) is 4.51. The summed E-state index contributed by atoms with van der Waals surface area (Å²) in [6.45, 7) is 0. The van der Waals surface area contributed by atoms with Crippen molar-refractivity contribution in [1.82, 2.24) is 0 Å². The van der Waals surface area contributed by atoms with Crippen LogP contribution in [0.4, 0.5) is 26.3 Å². The zero-order valence-corrected chi connectivity index (χ0v) is 8.67. The van der Waals surface area contributed by atoms with Crippen molar-refractivity contribution in [2.75, 3.05) is 0 Å². The number of rotatable bonds is 2. The van der Waals surface area contributed by atoms with E-state index in [0.29, 0.717) is 17.9 Å². The molecule has 0 spiro atoms. The van der Waals surface area contributed by atoms with Crippen molar-refractivity contribution >= 4 is 6.35 Å². The Morgan fingerprint density at radius 2 is 1.11 bits per heavy atom. The van der Waals surface area contributed by atoms with E-state index in [-0.39, 0.29) is 18.9 Å². The van der Waals surface area contributed by atoms with Gasteiger partial charge in [-0.25, -0.2) is 15.8 Å². The van der Waals surface area contributed by atoms with Crippen molar-refractivity contribution < 1.29 is 49.9 Å². The number of nitrogens with zero attached hydrogens (tertiary/aromatic N) is 3. The van der Waals surface area contributed by atoms with E-state index < -0.39 is 24.8 Å². The number of hydrogen-bond acceptors (Lipinski definition) is 4. The van der Waals surface area contributed by atoms with Gasteiger partial charge in [-0.2, -0.15) is 26.3 Å². The molecule has 92 valence electrons. The topological polar surface area (TPSA) is 80.6 Å². The number of nitriles is 3. The van der Waals surface area contributed by atoms with Gasteiger partial charge in [0.2, 0.25) is 6.10 Å². The first-order valence-corrected chi connectivity index (χ1v) is 3.72. The van der Waals surface area contributed by atoms with Crippen LogP contribution in [0, 0.1) is 33.7 Å². The van der Waals surface area contributed by atoms with E-state index >= 15 is 0 Å². The molecule has 0 saturated heterocycles. The van der Waals surface area contributed by atoms with Gasteiger partial charge >= 0.3 is 37.6 Å². The Balaban J connectivity index is 0. The number of halogens is 6. The van der Waals surface area contributed by atoms with Crippen LogP contribution >= 0.6 is 0 Å². The van der Waals surface area contributed by atoms with Crippen LogP contribution in [0.15, 0.2) is 0 Å². The summed E-state index contributed by atoms with van der Waals surface area (Å²) < 4.78 is 75.3. The molecule has 0 N–H and O–H groups in total. The standard InChI is InChI=1S/C6HBF6N3O.Li/c8-5(9,10)4(6(11,12)13)17-7(1-14,2-15)3-16;/h4H;/q-1;+1. The van der Waals surface area contributed by atoms with Crippen LogP contribution in [-0.4, -0.2) is 24.8 Å². The summed E-state index contributed by atoms with van der Waals surface area (Å²) in [5, 5.41) is 24.7. The molecule has 0 radical (unpaired) electrons. The van der Waals surface area contributed by atoms with Crippen molar-refractivity contribution in [3.05, 3.63) is 0 Å². The maximum absolute atomic E-state index is 12.0.